The molecule has 35 heavy (non-hydrogen) atoms. The first kappa shape index (κ1) is 30.6. The summed E-state index contributed by atoms with van der Waals surface area (Å²) in [5.41, 5.74) is -0.967. The Balaban J connectivity index is 2.98. The van der Waals surface area contributed by atoms with E-state index in [1.54, 1.807) is 6.92 Å². The van der Waals surface area contributed by atoms with Gasteiger partial charge in [-0.05, 0) is 39.0 Å². The highest BCUT2D eigenvalue weighted by atomic mass is 16.6. The molecule has 0 aliphatic rings. The highest BCUT2D eigenvalue weighted by molar-refractivity contribution is 5.88. The summed E-state index contributed by atoms with van der Waals surface area (Å²) in [6.07, 6.45) is 4.74. The van der Waals surface area contributed by atoms with E-state index < -0.39 is 35.2 Å². The molecule has 0 bridgehead atoms. The molecule has 0 saturated carbocycles. The predicted molar refractivity (Wildman–Crippen MR) is 129 cm³/mol. The van der Waals surface area contributed by atoms with Crippen molar-refractivity contribution < 1.29 is 38.1 Å². The summed E-state index contributed by atoms with van der Waals surface area (Å²) >= 11 is 0. The highest BCUT2D eigenvalue weighted by Crippen LogP contribution is 2.36. The molecule has 200 valence electrons. The third kappa shape index (κ3) is 10.4. The number of rotatable bonds is 19. The van der Waals surface area contributed by atoms with Crippen LogP contribution in [0.2, 0.25) is 0 Å². The molecule has 10 nitrogen and oxygen atoms in total. The monoisotopic (exact) mass is 498 g/mol. The van der Waals surface area contributed by atoms with E-state index in [-0.39, 0.29) is 32.7 Å². The van der Waals surface area contributed by atoms with Crippen LogP contribution >= 0.6 is 0 Å². The quantitative estimate of drug-likeness (QED) is 0.217. The SMILES string of the molecule is CCCCOCCOC(=O)C(Cc1ncc(C)o1)NC(=O)C(CC)(CC)C[C@@H](CCOC)C(=O)O. The van der Waals surface area contributed by atoms with Gasteiger partial charge < -0.3 is 29.1 Å². The summed E-state index contributed by atoms with van der Waals surface area (Å²) in [7, 11) is 1.51. The van der Waals surface area contributed by atoms with Gasteiger partial charge in [-0.2, -0.15) is 0 Å². The van der Waals surface area contributed by atoms with E-state index in [1.165, 1.54) is 13.3 Å². The average molecular weight is 499 g/mol. The molecule has 1 heterocycles. The van der Waals surface area contributed by atoms with Gasteiger partial charge in [0.1, 0.15) is 18.4 Å². The maximum absolute atomic E-state index is 13.5. The van der Waals surface area contributed by atoms with E-state index in [2.05, 4.69) is 17.2 Å². The lowest BCUT2D eigenvalue weighted by molar-refractivity contribution is -0.152. The van der Waals surface area contributed by atoms with Gasteiger partial charge in [0.2, 0.25) is 5.91 Å². The number of hydrogen-bond acceptors (Lipinski definition) is 8. The predicted octanol–water partition coefficient (Wildman–Crippen LogP) is 3.30. The third-order valence-electron chi connectivity index (χ3n) is 6.24. The minimum atomic E-state index is -1.03. The number of carboxylic acid groups (broad SMARTS) is 1. The molecule has 0 aliphatic carbocycles. The fourth-order valence-electron chi connectivity index (χ4n) is 3.82. The van der Waals surface area contributed by atoms with Gasteiger partial charge in [0.15, 0.2) is 5.89 Å². The van der Waals surface area contributed by atoms with Crippen molar-refractivity contribution in [3.8, 4) is 0 Å². The zero-order valence-corrected chi connectivity index (χ0v) is 21.8. The van der Waals surface area contributed by atoms with E-state index in [9.17, 15) is 19.5 Å². The molecule has 1 aromatic rings. The van der Waals surface area contributed by atoms with Gasteiger partial charge in [0, 0.05) is 25.7 Å². The molecular formula is C25H42N2O8. The summed E-state index contributed by atoms with van der Waals surface area (Å²) < 4.78 is 21.3. The van der Waals surface area contributed by atoms with E-state index in [4.69, 9.17) is 18.6 Å². The number of unbranched alkanes of at least 4 members (excludes halogenated alkanes) is 1. The Morgan fingerprint density at radius 3 is 2.40 bits per heavy atom. The first-order valence-electron chi connectivity index (χ1n) is 12.4. The Labute approximate surface area is 208 Å². The average Bonchev–Trinajstić information content (AvgIpc) is 3.25. The van der Waals surface area contributed by atoms with E-state index in [0.29, 0.717) is 37.5 Å². The van der Waals surface area contributed by atoms with Gasteiger partial charge in [-0.1, -0.05) is 27.2 Å². The maximum Gasteiger partial charge on any atom is 0.329 e. The summed E-state index contributed by atoms with van der Waals surface area (Å²) in [4.78, 5) is 42.4. The van der Waals surface area contributed by atoms with E-state index >= 15 is 0 Å². The molecule has 2 atom stereocenters. The van der Waals surface area contributed by atoms with Crippen molar-refractivity contribution in [1.82, 2.24) is 10.3 Å². The Kier molecular flexibility index (Phi) is 14.2. The maximum atomic E-state index is 13.5. The normalized spacial score (nSPS) is 13.3. The van der Waals surface area contributed by atoms with Crippen LogP contribution in [0.5, 0.6) is 0 Å². The molecule has 10 heteroatoms. The van der Waals surface area contributed by atoms with Crippen LogP contribution in [0.3, 0.4) is 0 Å². The Morgan fingerprint density at radius 1 is 1.14 bits per heavy atom. The van der Waals surface area contributed by atoms with Gasteiger partial charge in [-0.25, -0.2) is 9.78 Å². The molecule has 1 aromatic heterocycles. The van der Waals surface area contributed by atoms with Crippen molar-refractivity contribution in [3.05, 3.63) is 17.8 Å². The zero-order chi connectivity index (χ0) is 26.3. The largest absolute Gasteiger partial charge is 0.481 e. The molecule has 2 N–H and O–H groups in total. The topological polar surface area (TPSA) is 137 Å². The van der Waals surface area contributed by atoms with Crippen LogP contribution in [0.15, 0.2) is 10.6 Å². The molecule has 0 spiro atoms. The first-order valence-corrected chi connectivity index (χ1v) is 12.4. The molecule has 0 saturated heterocycles. The number of esters is 1. The lowest BCUT2D eigenvalue weighted by Crippen LogP contribution is -2.50. The van der Waals surface area contributed by atoms with Crippen molar-refractivity contribution in [1.29, 1.82) is 0 Å². The van der Waals surface area contributed by atoms with Crippen LogP contribution in [0.1, 0.15) is 70.9 Å². The molecule has 0 fully saturated rings. The fraction of sp³-hybridized carbons (Fsp3) is 0.760. The number of aromatic nitrogens is 1. The van der Waals surface area contributed by atoms with Gasteiger partial charge >= 0.3 is 11.9 Å². The number of nitrogens with zero attached hydrogens (tertiary/aromatic N) is 1. The number of carboxylic acids is 1. The Morgan fingerprint density at radius 2 is 1.86 bits per heavy atom. The number of oxazole rings is 1. The van der Waals surface area contributed by atoms with Crippen LogP contribution in [0.25, 0.3) is 0 Å². The Hall–Kier alpha value is -2.46. The van der Waals surface area contributed by atoms with Crippen molar-refractivity contribution >= 4 is 17.8 Å². The lowest BCUT2D eigenvalue weighted by Gasteiger charge is -2.34. The molecular weight excluding hydrogens is 456 g/mol. The number of carbonyl (C=O) groups excluding carboxylic acids is 2. The van der Waals surface area contributed by atoms with E-state index in [0.717, 1.165) is 12.8 Å². The summed E-state index contributed by atoms with van der Waals surface area (Å²) in [5.74, 6) is -1.86. The van der Waals surface area contributed by atoms with Crippen LogP contribution < -0.4 is 5.32 Å². The number of carbonyl (C=O) groups is 3. The second-order valence-electron chi connectivity index (χ2n) is 8.74. The van der Waals surface area contributed by atoms with E-state index in [1.807, 2.05) is 13.8 Å². The molecule has 0 aliphatic heterocycles. The van der Waals surface area contributed by atoms with Gasteiger partial charge in [0.05, 0.1) is 25.1 Å². The van der Waals surface area contributed by atoms with Crippen molar-refractivity contribution in [2.24, 2.45) is 11.3 Å². The summed E-state index contributed by atoms with van der Waals surface area (Å²) in [6, 6.07) is -1.03. The van der Waals surface area contributed by atoms with Gasteiger partial charge in [0.25, 0.3) is 0 Å². The lowest BCUT2D eigenvalue weighted by atomic mass is 9.73. The number of aryl methyl sites for hydroxylation is 1. The zero-order valence-electron chi connectivity index (χ0n) is 21.8. The number of ether oxygens (including phenoxy) is 3. The van der Waals surface area contributed by atoms with Crippen LogP contribution in [0.4, 0.5) is 0 Å². The highest BCUT2D eigenvalue weighted by Gasteiger charge is 2.41. The number of amides is 1. The second kappa shape index (κ2) is 16.3. The number of methoxy groups -OCH3 is 1. The summed E-state index contributed by atoms with van der Waals surface area (Å²) in [5, 5.41) is 12.5. The van der Waals surface area contributed by atoms with Gasteiger partial charge in [-0.3, -0.25) is 9.59 Å². The fourth-order valence-corrected chi connectivity index (χ4v) is 3.82. The first-order chi connectivity index (χ1) is 16.7. The van der Waals surface area contributed by atoms with Crippen LogP contribution in [0, 0.1) is 18.3 Å². The van der Waals surface area contributed by atoms with Crippen molar-refractivity contribution in [2.75, 3.05) is 33.5 Å². The standard InChI is InChI=1S/C25H42N2O8/c1-6-9-11-33-13-14-34-23(30)20(15-21-26-17-18(4)35-21)27-24(31)25(7-2,8-3)16-19(22(28)29)10-12-32-5/h17,19-20H,6-16H2,1-5H3,(H,27,31)(H,28,29)/t19-,20?/m1/s1. The molecule has 1 rings (SSSR count). The van der Waals surface area contributed by atoms with Crippen molar-refractivity contribution in [3.63, 3.8) is 0 Å². The Bertz CT molecular complexity index is 775. The second-order valence-corrected chi connectivity index (χ2v) is 8.74. The molecule has 1 amide bonds. The van der Waals surface area contributed by atoms with Crippen LogP contribution in [-0.4, -0.2) is 67.5 Å². The van der Waals surface area contributed by atoms with Crippen molar-refractivity contribution in [2.45, 2.75) is 78.7 Å². The molecule has 0 radical (unpaired) electrons. The summed E-state index contributed by atoms with van der Waals surface area (Å²) in [6.45, 7) is 8.68. The minimum absolute atomic E-state index is 0.0185. The third-order valence-corrected chi connectivity index (χ3v) is 6.24. The number of nitrogens with one attached hydrogen (secondary N) is 1. The number of hydrogen-bond donors (Lipinski definition) is 2. The smallest absolute Gasteiger partial charge is 0.329 e. The van der Waals surface area contributed by atoms with Crippen LogP contribution in [-0.2, 0) is 35.0 Å². The minimum Gasteiger partial charge on any atom is -0.481 e. The number of aliphatic carboxylic acids is 1. The van der Waals surface area contributed by atoms with Gasteiger partial charge in [-0.15, -0.1) is 0 Å². The molecule has 0 aromatic carbocycles. The molecule has 1 unspecified atom stereocenters.